The summed E-state index contributed by atoms with van der Waals surface area (Å²) in [5.74, 6) is 1.86. The molecule has 1 aromatic heterocycles. The number of hydrogen-bond acceptors (Lipinski definition) is 4. The molecule has 2 heterocycles. The summed E-state index contributed by atoms with van der Waals surface area (Å²) >= 11 is 0. The SMILES string of the molecule is CCNC(=NCC(C)N1CCOCC1C)NCCc1ccco1. The Morgan fingerprint density at radius 2 is 2.35 bits per heavy atom. The number of guanidine groups is 1. The highest BCUT2D eigenvalue weighted by Gasteiger charge is 2.23. The lowest BCUT2D eigenvalue weighted by atomic mass is 10.2. The Bertz CT molecular complexity index is 461. The van der Waals surface area contributed by atoms with Crippen molar-refractivity contribution in [3.63, 3.8) is 0 Å². The molecule has 2 N–H and O–H groups in total. The van der Waals surface area contributed by atoms with Crippen LogP contribution in [0.2, 0.25) is 0 Å². The summed E-state index contributed by atoms with van der Waals surface area (Å²) in [7, 11) is 0. The minimum Gasteiger partial charge on any atom is -0.469 e. The smallest absolute Gasteiger partial charge is 0.191 e. The van der Waals surface area contributed by atoms with Gasteiger partial charge in [0.2, 0.25) is 0 Å². The maximum absolute atomic E-state index is 5.50. The molecule has 0 spiro atoms. The fraction of sp³-hybridized carbons (Fsp3) is 0.706. The van der Waals surface area contributed by atoms with Crippen LogP contribution in [0.1, 0.15) is 26.5 Å². The molecule has 0 radical (unpaired) electrons. The van der Waals surface area contributed by atoms with Crippen molar-refractivity contribution in [1.29, 1.82) is 0 Å². The number of aliphatic imine (C=N–C) groups is 1. The van der Waals surface area contributed by atoms with E-state index in [2.05, 4.69) is 36.3 Å². The van der Waals surface area contributed by atoms with Gasteiger partial charge in [0.1, 0.15) is 5.76 Å². The molecule has 23 heavy (non-hydrogen) atoms. The van der Waals surface area contributed by atoms with Crippen molar-refractivity contribution in [1.82, 2.24) is 15.5 Å². The molecule has 0 aromatic carbocycles. The third kappa shape index (κ3) is 5.88. The monoisotopic (exact) mass is 322 g/mol. The summed E-state index contributed by atoms with van der Waals surface area (Å²) in [4.78, 5) is 7.19. The number of nitrogens with one attached hydrogen (secondary N) is 2. The van der Waals surface area contributed by atoms with Crippen molar-refractivity contribution in [2.75, 3.05) is 39.4 Å². The molecule has 0 amide bonds. The summed E-state index contributed by atoms with van der Waals surface area (Å²) in [5, 5.41) is 6.66. The fourth-order valence-corrected chi connectivity index (χ4v) is 2.82. The Kier molecular flexibility index (Phi) is 7.42. The van der Waals surface area contributed by atoms with Crippen LogP contribution in [0.25, 0.3) is 0 Å². The first-order chi connectivity index (χ1) is 11.2. The average Bonchev–Trinajstić information content (AvgIpc) is 3.06. The van der Waals surface area contributed by atoms with Gasteiger partial charge in [-0.2, -0.15) is 0 Å². The number of ether oxygens (including phenoxy) is 1. The van der Waals surface area contributed by atoms with Crippen molar-refractivity contribution in [3.05, 3.63) is 24.2 Å². The molecule has 0 saturated carbocycles. The largest absolute Gasteiger partial charge is 0.469 e. The molecular weight excluding hydrogens is 292 g/mol. The quantitative estimate of drug-likeness (QED) is 0.588. The summed E-state index contributed by atoms with van der Waals surface area (Å²) in [6.45, 7) is 11.6. The summed E-state index contributed by atoms with van der Waals surface area (Å²) < 4.78 is 10.8. The van der Waals surface area contributed by atoms with E-state index in [0.29, 0.717) is 12.1 Å². The van der Waals surface area contributed by atoms with Crippen LogP contribution in [-0.4, -0.2) is 62.3 Å². The molecule has 2 unspecified atom stereocenters. The minimum atomic E-state index is 0.412. The first-order valence-corrected chi connectivity index (χ1v) is 8.58. The van der Waals surface area contributed by atoms with Gasteiger partial charge in [0.15, 0.2) is 5.96 Å². The van der Waals surface area contributed by atoms with Gasteiger partial charge < -0.3 is 19.8 Å². The number of nitrogens with zero attached hydrogens (tertiary/aromatic N) is 2. The summed E-state index contributed by atoms with van der Waals surface area (Å²) in [6.07, 6.45) is 2.56. The van der Waals surface area contributed by atoms with E-state index in [-0.39, 0.29) is 0 Å². The Balaban J connectivity index is 1.79. The third-order valence-corrected chi connectivity index (χ3v) is 4.09. The van der Waals surface area contributed by atoms with Crippen molar-refractivity contribution in [3.8, 4) is 0 Å². The first-order valence-electron chi connectivity index (χ1n) is 8.58. The lowest BCUT2D eigenvalue weighted by molar-refractivity contribution is -0.0165. The van der Waals surface area contributed by atoms with Crippen LogP contribution in [0.4, 0.5) is 0 Å². The molecule has 130 valence electrons. The molecule has 2 atom stereocenters. The second-order valence-corrected chi connectivity index (χ2v) is 5.99. The van der Waals surface area contributed by atoms with Crippen molar-refractivity contribution < 1.29 is 9.15 Å². The van der Waals surface area contributed by atoms with E-state index in [1.54, 1.807) is 6.26 Å². The molecule has 2 rings (SSSR count). The van der Waals surface area contributed by atoms with Gasteiger partial charge in [-0.05, 0) is 32.9 Å². The van der Waals surface area contributed by atoms with Crippen molar-refractivity contribution in [2.24, 2.45) is 4.99 Å². The Hall–Kier alpha value is -1.53. The van der Waals surface area contributed by atoms with Crippen LogP contribution in [0.15, 0.2) is 27.8 Å². The van der Waals surface area contributed by atoms with E-state index in [9.17, 15) is 0 Å². The van der Waals surface area contributed by atoms with Gasteiger partial charge in [-0.3, -0.25) is 9.89 Å². The predicted molar refractivity (Wildman–Crippen MR) is 92.8 cm³/mol. The molecule has 6 heteroatoms. The Morgan fingerprint density at radius 3 is 3.04 bits per heavy atom. The molecule has 1 fully saturated rings. The Morgan fingerprint density at radius 1 is 1.48 bits per heavy atom. The second kappa shape index (κ2) is 9.57. The second-order valence-electron chi connectivity index (χ2n) is 5.99. The van der Waals surface area contributed by atoms with Crippen LogP contribution in [-0.2, 0) is 11.2 Å². The maximum atomic E-state index is 5.50. The molecule has 1 saturated heterocycles. The number of morpholine rings is 1. The van der Waals surface area contributed by atoms with Crippen LogP contribution in [0, 0.1) is 0 Å². The molecule has 6 nitrogen and oxygen atoms in total. The summed E-state index contributed by atoms with van der Waals surface area (Å²) in [5.41, 5.74) is 0. The number of hydrogen-bond donors (Lipinski definition) is 2. The number of furan rings is 1. The van der Waals surface area contributed by atoms with Crippen LogP contribution in [0.5, 0.6) is 0 Å². The van der Waals surface area contributed by atoms with E-state index in [1.165, 1.54) is 0 Å². The van der Waals surface area contributed by atoms with E-state index in [1.807, 2.05) is 12.1 Å². The minimum absolute atomic E-state index is 0.412. The molecule has 1 aliphatic rings. The van der Waals surface area contributed by atoms with Gasteiger partial charge in [-0.25, -0.2) is 0 Å². The molecule has 1 aliphatic heterocycles. The van der Waals surface area contributed by atoms with Crippen LogP contribution < -0.4 is 10.6 Å². The van der Waals surface area contributed by atoms with Crippen LogP contribution in [0.3, 0.4) is 0 Å². The van der Waals surface area contributed by atoms with Gasteiger partial charge in [-0.1, -0.05) is 0 Å². The Labute approximate surface area is 139 Å². The third-order valence-electron chi connectivity index (χ3n) is 4.09. The first kappa shape index (κ1) is 17.8. The highest BCUT2D eigenvalue weighted by atomic mass is 16.5. The summed E-state index contributed by atoms with van der Waals surface area (Å²) in [6, 6.07) is 4.78. The van der Waals surface area contributed by atoms with Crippen LogP contribution >= 0.6 is 0 Å². The van der Waals surface area contributed by atoms with Gasteiger partial charge in [0.05, 0.1) is 26.0 Å². The predicted octanol–water partition coefficient (Wildman–Crippen LogP) is 1.49. The fourth-order valence-electron chi connectivity index (χ4n) is 2.82. The van der Waals surface area contributed by atoms with Gasteiger partial charge >= 0.3 is 0 Å². The van der Waals surface area contributed by atoms with E-state index >= 15 is 0 Å². The number of rotatable bonds is 7. The topological polar surface area (TPSA) is 62.0 Å². The van der Waals surface area contributed by atoms with Gasteiger partial charge in [0.25, 0.3) is 0 Å². The van der Waals surface area contributed by atoms with Crippen molar-refractivity contribution in [2.45, 2.75) is 39.3 Å². The normalized spacial score (nSPS) is 21.2. The van der Waals surface area contributed by atoms with E-state index in [4.69, 9.17) is 14.1 Å². The molecule has 0 aliphatic carbocycles. The zero-order valence-corrected chi connectivity index (χ0v) is 14.5. The van der Waals surface area contributed by atoms with Gasteiger partial charge in [0, 0.05) is 38.1 Å². The standard InChI is InChI=1S/C17H30N4O2/c1-4-18-17(19-8-7-16-6-5-10-23-16)20-12-14(2)21-9-11-22-13-15(21)3/h5-6,10,14-15H,4,7-9,11-13H2,1-3H3,(H2,18,19,20). The van der Waals surface area contributed by atoms with E-state index < -0.39 is 0 Å². The van der Waals surface area contributed by atoms with Crippen molar-refractivity contribution >= 4 is 5.96 Å². The lowest BCUT2D eigenvalue weighted by Crippen LogP contribution is -2.49. The molecular formula is C17H30N4O2. The highest BCUT2D eigenvalue weighted by molar-refractivity contribution is 5.79. The maximum Gasteiger partial charge on any atom is 0.191 e. The zero-order valence-electron chi connectivity index (χ0n) is 14.5. The average molecular weight is 322 g/mol. The molecule has 0 bridgehead atoms. The van der Waals surface area contributed by atoms with E-state index in [0.717, 1.165) is 57.5 Å². The zero-order chi connectivity index (χ0) is 16.5. The molecule has 1 aromatic rings. The highest BCUT2D eigenvalue weighted by Crippen LogP contribution is 2.10. The lowest BCUT2D eigenvalue weighted by Gasteiger charge is -2.37. The van der Waals surface area contributed by atoms with Gasteiger partial charge in [-0.15, -0.1) is 0 Å².